The molecule has 2 aromatic carbocycles. The van der Waals surface area contributed by atoms with Gasteiger partial charge in [-0.05, 0) is 64.3 Å². The van der Waals surface area contributed by atoms with E-state index in [1.807, 2.05) is 25.1 Å². The number of aryl methyl sites for hydroxylation is 1. The number of hydrogen-bond donors (Lipinski definition) is 0. The summed E-state index contributed by atoms with van der Waals surface area (Å²) < 4.78 is 12.3. The molecule has 0 bridgehead atoms. The second-order valence-corrected chi connectivity index (χ2v) is 7.48. The number of hydrogen-bond acceptors (Lipinski definition) is 4. The average Bonchev–Trinajstić information content (AvgIpc) is 2.55. The van der Waals surface area contributed by atoms with Crippen molar-refractivity contribution in [2.45, 2.75) is 6.92 Å². The average molecular weight is 462 g/mol. The van der Waals surface area contributed by atoms with E-state index in [1.54, 1.807) is 18.2 Å². The maximum Gasteiger partial charge on any atom is 0.344 e. The first-order valence-corrected chi connectivity index (χ1v) is 8.99. The molecule has 0 amide bonds. The fraction of sp³-hybridized carbons (Fsp3) is 0.0526. The lowest BCUT2D eigenvalue weighted by atomic mass is 10.0. The first-order valence-electron chi connectivity index (χ1n) is 7.40. The summed E-state index contributed by atoms with van der Waals surface area (Å²) >= 11 is 6.85. The van der Waals surface area contributed by atoms with E-state index in [1.165, 1.54) is 6.07 Å². The van der Waals surface area contributed by atoms with Crippen molar-refractivity contribution in [3.63, 3.8) is 0 Å². The Morgan fingerprint density at radius 3 is 2.52 bits per heavy atom. The van der Waals surface area contributed by atoms with Gasteiger partial charge >= 0.3 is 11.3 Å². The standard InChI is InChI=1S/C19H10Br2O4/c1-9-4-17(22)24-16-3-2-10(6-13(9)16)14-7-11-5-12(20)8-15(21)18(11)25-19(14)23/h2-8H,1H3. The van der Waals surface area contributed by atoms with Gasteiger partial charge in [-0.25, -0.2) is 9.59 Å². The molecule has 2 aromatic heterocycles. The molecule has 0 radical (unpaired) electrons. The summed E-state index contributed by atoms with van der Waals surface area (Å²) in [5.41, 5.74) is 2.12. The third-order valence-corrected chi connectivity index (χ3v) is 5.06. The van der Waals surface area contributed by atoms with Crippen molar-refractivity contribution in [2.75, 3.05) is 0 Å². The summed E-state index contributed by atoms with van der Waals surface area (Å²) in [7, 11) is 0. The predicted octanol–water partition coefficient (Wildman–Crippen LogP) is 5.40. The monoisotopic (exact) mass is 460 g/mol. The van der Waals surface area contributed by atoms with Crippen molar-refractivity contribution in [1.82, 2.24) is 0 Å². The molecule has 0 unspecified atom stereocenters. The van der Waals surface area contributed by atoms with Crippen molar-refractivity contribution < 1.29 is 8.83 Å². The van der Waals surface area contributed by atoms with Gasteiger partial charge in [0.05, 0.1) is 10.0 Å². The molecule has 6 heteroatoms. The fourth-order valence-electron chi connectivity index (χ4n) is 2.85. The quantitative estimate of drug-likeness (QED) is 0.356. The van der Waals surface area contributed by atoms with Crippen LogP contribution in [0.15, 0.2) is 69.8 Å². The van der Waals surface area contributed by atoms with Crippen LogP contribution in [0.1, 0.15) is 5.56 Å². The molecule has 0 fully saturated rings. The van der Waals surface area contributed by atoms with Crippen LogP contribution in [0.3, 0.4) is 0 Å². The summed E-state index contributed by atoms with van der Waals surface area (Å²) in [6, 6.07) is 12.2. The molecule has 4 rings (SSSR count). The van der Waals surface area contributed by atoms with Gasteiger partial charge in [-0.2, -0.15) is 0 Å². The van der Waals surface area contributed by atoms with Gasteiger partial charge in [0.25, 0.3) is 0 Å². The summed E-state index contributed by atoms with van der Waals surface area (Å²) in [6.07, 6.45) is 0. The summed E-state index contributed by atoms with van der Waals surface area (Å²) in [5.74, 6) is 0. The van der Waals surface area contributed by atoms with Crippen LogP contribution in [0.5, 0.6) is 0 Å². The highest BCUT2D eigenvalue weighted by atomic mass is 79.9. The molecular formula is C19H10Br2O4. The van der Waals surface area contributed by atoms with Gasteiger partial charge in [0, 0.05) is 21.3 Å². The van der Waals surface area contributed by atoms with E-state index in [0.29, 0.717) is 26.8 Å². The van der Waals surface area contributed by atoms with Crippen LogP contribution in [-0.2, 0) is 0 Å². The van der Waals surface area contributed by atoms with Crippen LogP contribution in [0, 0.1) is 6.92 Å². The predicted molar refractivity (Wildman–Crippen MR) is 104 cm³/mol. The minimum atomic E-state index is -0.426. The molecule has 4 aromatic rings. The Bertz CT molecular complexity index is 1270. The minimum absolute atomic E-state index is 0.391. The highest BCUT2D eigenvalue weighted by Gasteiger charge is 2.12. The molecule has 0 saturated heterocycles. The molecule has 0 atom stereocenters. The number of benzene rings is 2. The molecule has 124 valence electrons. The van der Waals surface area contributed by atoms with Crippen LogP contribution < -0.4 is 11.3 Å². The van der Waals surface area contributed by atoms with Gasteiger partial charge < -0.3 is 8.83 Å². The van der Waals surface area contributed by atoms with E-state index in [9.17, 15) is 9.59 Å². The van der Waals surface area contributed by atoms with Crippen molar-refractivity contribution in [1.29, 1.82) is 0 Å². The third-order valence-electron chi connectivity index (χ3n) is 4.01. The fourth-order valence-corrected chi connectivity index (χ4v) is 4.18. The largest absolute Gasteiger partial charge is 0.423 e. The zero-order valence-corrected chi connectivity index (χ0v) is 16.1. The highest BCUT2D eigenvalue weighted by Crippen LogP contribution is 2.31. The second-order valence-electron chi connectivity index (χ2n) is 5.71. The zero-order valence-electron chi connectivity index (χ0n) is 12.9. The van der Waals surface area contributed by atoms with Crippen molar-refractivity contribution in [2.24, 2.45) is 0 Å². The molecule has 25 heavy (non-hydrogen) atoms. The molecule has 0 saturated carbocycles. The van der Waals surface area contributed by atoms with Crippen molar-refractivity contribution >= 4 is 53.8 Å². The van der Waals surface area contributed by atoms with Gasteiger partial charge in [-0.15, -0.1) is 0 Å². The van der Waals surface area contributed by atoms with Crippen molar-refractivity contribution in [3.8, 4) is 11.1 Å². The second kappa shape index (κ2) is 5.97. The van der Waals surface area contributed by atoms with Crippen molar-refractivity contribution in [3.05, 3.63) is 77.8 Å². The Morgan fingerprint density at radius 2 is 1.72 bits per heavy atom. The lowest BCUT2D eigenvalue weighted by molar-refractivity contribution is 0.559. The summed E-state index contributed by atoms with van der Waals surface area (Å²) in [4.78, 5) is 24.0. The van der Waals surface area contributed by atoms with Crippen LogP contribution in [-0.4, -0.2) is 0 Å². The van der Waals surface area contributed by atoms with E-state index in [2.05, 4.69) is 31.9 Å². The Hall–Kier alpha value is -2.18. The van der Waals surface area contributed by atoms with E-state index in [-0.39, 0.29) is 0 Å². The number of rotatable bonds is 1. The molecule has 0 aliphatic heterocycles. The molecule has 0 N–H and O–H groups in total. The molecule has 0 aliphatic carbocycles. The highest BCUT2D eigenvalue weighted by molar-refractivity contribution is 9.11. The maximum atomic E-state index is 12.5. The summed E-state index contributed by atoms with van der Waals surface area (Å²) in [5, 5.41) is 1.58. The molecular weight excluding hydrogens is 452 g/mol. The van der Waals surface area contributed by atoms with Crippen LogP contribution >= 0.6 is 31.9 Å². The molecule has 2 heterocycles. The van der Waals surface area contributed by atoms with E-state index >= 15 is 0 Å². The lowest BCUT2D eigenvalue weighted by Crippen LogP contribution is -2.03. The van der Waals surface area contributed by atoms with Gasteiger partial charge in [-0.3, -0.25) is 0 Å². The van der Waals surface area contributed by atoms with Crippen LogP contribution in [0.2, 0.25) is 0 Å². The van der Waals surface area contributed by atoms with Crippen LogP contribution in [0.25, 0.3) is 33.1 Å². The Balaban J connectivity index is 2.01. The molecule has 0 aliphatic rings. The topological polar surface area (TPSA) is 60.4 Å². The van der Waals surface area contributed by atoms with Gasteiger partial charge in [0.15, 0.2) is 5.58 Å². The normalized spacial score (nSPS) is 11.3. The third kappa shape index (κ3) is 2.85. The van der Waals surface area contributed by atoms with Crippen LogP contribution in [0.4, 0.5) is 0 Å². The Morgan fingerprint density at radius 1 is 0.920 bits per heavy atom. The first kappa shape index (κ1) is 16.3. The van der Waals surface area contributed by atoms with Gasteiger partial charge in [0.2, 0.25) is 0 Å². The maximum absolute atomic E-state index is 12.5. The number of halogens is 2. The van der Waals surface area contributed by atoms with Gasteiger partial charge in [-0.1, -0.05) is 22.0 Å². The number of fused-ring (bicyclic) bond motifs is 2. The minimum Gasteiger partial charge on any atom is -0.423 e. The molecule has 4 nitrogen and oxygen atoms in total. The van der Waals surface area contributed by atoms with Gasteiger partial charge in [0.1, 0.15) is 5.58 Å². The summed E-state index contributed by atoms with van der Waals surface area (Å²) in [6.45, 7) is 1.83. The Labute approximate surface area is 158 Å². The molecule has 0 spiro atoms. The smallest absolute Gasteiger partial charge is 0.344 e. The van der Waals surface area contributed by atoms with E-state index in [4.69, 9.17) is 8.83 Å². The van der Waals surface area contributed by atoms with E-state index in [0.717, 1.165) is 20.8 Å². The Kier molecular flexibility index (Phi) is 3.89. The SMILES string of the molecule is Cc1cc(=O)oc2ccc(-c3cc4cc(Br)cc(Br)c4oc3=O)cc12. The lowest BCUT2D eigenvalue weighted by Gasteiger charge is -2.07. The zero-order chi connectivity index (χ0) is 17.7. The first-order chi connectivity index (χ1) is 11.9. The van der Waals surface area contributed by atoms with E-state index < -0.39 is 11.3 Å².